The lowest BCUT2D eigenvalue weighted by Crippen LogP contribution is -2.57. The van der Waals surface area contributed by atoms with Crippen LogP contribution < -0.4 is 5.32 Å². The summed E-state index contributed by atoms with van der Waals surface area (Å²) in [6, 6.07) is -1.33. The average Bonchev–Trinajstić information content (AvgIpc) is 2.12. The first-order valence-electron chi connectivity index (χ1n) is 5.59. The molecule has 1 heterocycles. The lowest BCUT2D eigenvalue weighted by atomic mass is 9.88. The standard InChI is InChI=1S/C11H17F2NO4/c1-10(2,3)18-9(17)6-4-11(12,13)5-14-7(6)8(15)16/h6-7,14H,4-5H2,1-3H3,(H,15,16)/t6-,7-/m0/s1. The molecule has 5 nitrogen and oxygen atoms in total. The zero-order valence-electron chi connectivity index (χ0n) is 10.5. The maximum Gasteiger partial charge on any atom is 0.321 e. The largest absolute Gasteiger partial charge is 0.480 e. The van der Waals surface area contributed by atoms with Gasteiger partial charge in [-0.2, -0.15) is 0 Å². The van der Waals surface area contributed by atoms with Crippen LogP contribution in [0.1, 0.15) is 27.2 Å². The van der Waals surface area contributed by atoms with Crippen molar-refractivity contribution in [3.63, 3.8) is 0 Å². The zero-order chi connectivity index (χ0) is 14.1. The molecule has 1 fully saturated rings. The summed E-state index contributed by atoms with van der Waals surface area (Å²) in [4.78, 5) is 22.7. The third-order valence-corrected chi connectivity index (χ3v) is 2.48. The Kier molecular flexibility index (Phi) is 3.95. The molecule has 2 N–H and O–H groups in total. The van der Waals surface area contributed by atoms with E-state index in [0.717, 1.165) is 0 Å². The highest BCUT2D eigenvalue weighted by atomic mass is 19.3. The zero-order valence-corrected chi connectivity index (χ0v) is 10.5. The molecule has 0 spiro atoms. The summed E-state index contributed by atoms with van der Waals surface area (Å²) < 4.78 is 31.4. The SMILES string of the molecule is CC(C)(C)OC(=O)[C@H]1CC(F)(F)CN[C@@H]1C(=O)O. The number of carboxylic acids is 1. The van der Waals surface area contributed by atoms with Gasteiger partial charge in [-0.25, -0.2) is 8.78 Å². The molecular formula is C11H17F2NO4. The van der Waals surface area contributed by atoms with Crippen molar-refractivity contribution in [2.45, 2.75) is 44.8 Å². The Labute approximate surface area is 103 Å². The minimum absolute atomic E-state index is 0.747. The van der Waals surface area contributed by atoms with Crippen molar-refractivity contribution in [2.24, 2.45) is 5.92 Å². The van der Waals surface area contributed by atoms with Gasteiger partial charge in [0.2, 0.25) is 0 Å². The predicted molar refractivity (Wildman–Crippen MR) is 58.3 cm³/mol. The van der Waals surface area contributed by atoms with E-state index in [1.165, 1.54) is 0 Å². The quantitative estimate of drug-likeness (QED) is 0.729. The van der Waals surface area contributed by atoms with Crippen molar-refractivity contribution in [3.8, 4) is 0 Å². The van der Waals surface area contributed by atoms with Crippen LogP contribution in [-0.4, -0.2) is 41.2 Å². The highest BCUT2D eigenvalue weighted by Crippen LogP contribution is 2.31. The van der Waals surface area contributed by atoms with Crippen LogP contribution in [0, 0.1) is 5.92 Å². The van der Waals surface area contributed by atoms with Gasteiger partial charge in [0.15, 0.2) is 0 Å². The fourth-order valence-corrected chi connectivity index (χ4v) is 1.77. The summed E-state index contributed by atoms with van der Waals surface area (Å²) in [7, 11) is 0. The van der Waals surface area contributed by atoms with E-state index >= 15 is 0 Å². The third-order valence-electron chi connectivity index (χ3n) is 2.48. The molecule has 1 saturated heterocycles. The van der Waals surface area contributed by atoms with Crippen LogP contribution in [-0.2, 0) is 14.3 Å². The number of esters is 1. The Morgan fingerprint density at radius 1 is 1.39 bits per heavy atom. The summed E-state index contributed by atoms with van der Waals surface area (Å²) in [5, 5.41) is 11.1. The molecule has 1 aliphatic rings. The fraction of sp³-hybridized carbons (Fsp3) is 0.818. The minimum Gasteiger partial charge on any atom is -0.480 e. The number of carboxylic acid groups (broad SMARTS) is 1. The number of rotatable bonds is 2. The number of aliphatic carboxylic acids is 1. The molecule has 104 valence electrons. The van der Waals surface area contributed by atoms with Crippen LogP contribution in [0.4, 0.5) is 8.78 Å². The summed E-state index contributed by atoms with van der Waals surface area (Å²) in [5.41, 5.74) is -0.840. The molecule has 0 aromatic heterocycles. The Hall–Kier alpha value is -1.24. The number of carbonyl (C=O) groups excluding carboxylic acids is 1. The van der Waals surface area contributed by atoms with Crippen LogP contribution in [0.2, 0.25) is 0 Å². The van der Waals surface area contributed by atoms with E-state index in [4.69, 9.17) is 9.84 Å². The average molecular weight is 265 g/mol. The van der Waals surface area contributed by atoms with Crippen LogP contribution >= 0.6 is 0 Å². The van der Waals surface area contributed by atoms with Crippen molar-refractivity contribution < 1.29 is 28.2 Å². The number of ether oxygens (including phenoxy) is 1. The fourth-order valence-electron chi connectivity index (χ4n) is 1.77. The molecule has 0 amide bonds. The molecule has 0 bridgehead atoms. The molecule has 0 aromatic carbocycles. The maximum absolute atomic E-state index is 13.2. The normalized spacial score (nSPS) is 27.6. The van der Waals surface area contributed by atoms with Gasteiger partial charge in [-0.3, -0.25) is 14.9 Å². The van der Waals surface area contributed by atoms with Gasteiger partial charge in [0.1, 0.15) is 11.6 Å². The van der Waals surface area contributed by atoms with Gasteiger partial charge in [-0.05, 0) is 20.8 Å². The van der Waals surface area contributed by atoms with Gasteiger partial charge in [0, 0.05) is 6.42 Å². The van der Waals surface area contributed by atoms with Gasteiger partial charge >= 0.3 is 11.9 Å². The van der Waals surface area contributed by atoms with Crippen LogP contribution in [0.3, 0.4) is 0 Å². The van der Waals surface area contributed by atoms with Crippen LogP contribution in [0.5, 0.6) is 0 Å². The number of piperidine rings is 1. The van der Waals surface area contributed by atoms with E-state index in [2.05, 4.69) is 5.32 Å². The molecule has 2 atom stereocenters. The molecule has 0 unspecified atom stereocenters. The first-order chi connectivity index (χ1) is 8.02. The number of alkyl halides is 2. The highest BCUT2D eigenvalue weighted by Gasteiger charge is 2.48. The van der Waals surface area contributed by atoms with Gasteiger partial charge in [0.05, 0.1) is 12.5 Å². The number of nitrogens with one attached hydrogen (secondary N) is 1. The molecule has 1 rings (SSSR count). The maximum atomic E-state index is 13.2. The van der Waals surface area contributed by atoms with Crippen molar-refractivity contribution in [1.82, 2.24) is 5.32 Å². The van der Waals surface area contributed by atoms with E-state index in [1.807, 2.05) is 0 Å². The first kappa shape index (κ1) is 14.8. The van der Waals surface area contributed by atoms with E-state index in [9.17, 15) is 18.4 Å². The van der Waals surface area contributed by atoms with Gasteiger partial charge < -0.3 is 9.84 Å². The lowest BCUT2D eigenvalue weighted by Gasteiger charge is -2.34. The molecular weight excluding hydrogens is 248 g/mol. The number of carbonyl (C=O) groups is 2. The number of halogens is 2. The molecule has 18 heavy (non-hydrogen) atoms. The van der Waals surface area contributed by atoms with E-state index in [-0.39, 0.29) is 0 Å². The van der Waals surface area contributed by atoms with Crippen molar-refractivity contribution in [2.75, 3.05) is 6.54 Å². The Morgan fingerprint density at radius 3 is 2.39 bits per heavy atom. The van der Waals surface area contributed by atoms with Gasteiger partial charge in [-0.1, -0.05) is 0 Å². The lowest BCUT2D eigenvalue weighted by molar-refractivity contribution is -0.172. The Balaban J connectivity index is 2.85. The molecule has 0 aliphatic carbocycles. The number of hydrogen-bond acceptors (Lipinski definition) is 4. The monoisotopic (exact) mass is 265 g/mol. The van der Waals surface area contributed by atoms with E-state index in [0.29, 0.717) is 0 Å². The Morgan fingerprint density at radius 2 is 1.94 bits per heavy atom. The first-order valence-corrected chi connectivity index (χ1v) is 5.59. The summed E-state index contributed by atoms with van der Waals surface area (Å²) in [6.07, 6.45) is -0.814. The molecule has 0 radical (unpaired) electrons. The van der Waals surface area contributed by atoms with Crippen molar-refractivity contribution >= 4 is 11.9 Å². The molecule has 0 saturated carbocycles. The van der Waals surface area contributed by atoms with E-state index < -0.39 is 48.4 Å². The molecule has 1 aliphatic heterocycles. The van der Waals surface area contributed by atoms with Crippen LogP contribution in [0.25, 0.3) is 0 Å². The second kappa shape index (κ2) is 4.79. The second-order valence-corrected chi connectivity index (χ2v) is 5.40. The highest BCUT2D eigenvalue weighted by molar-refractivity contribution is 5.84. The van der Waals surface area contributed by atoms with Gasteiger partial charge in [0.25, 0.3) is 5.92 Å². The number of hydrogen-bond donors (Lipinski definition) is 2. The minimum atomic E-state index is -3.10. The predicted octanol–water partition coefficient (Wildman–Crippen LogP) is 1.03. The van der Waals surface area contributed by atoms with E-state index in [1.54, 1.807) is 20.8 Å². The van der Waals surface area contributed by atoms with Crippen LogP contribution in [0.15, 0.2) is 0 Å². The van der Waals surface area contributed by atoms with Crippen molar-refractivity contribution in [3.05, 3.63) is 0 Å². The summed E-state index contributed by atoms with van der Waals surface area (Å²) in [6.45, 7) is 4.03. The third kappa shape index (κ3) is 3.90. The Bertz CT molecular complexity index is 351. The van der Waals surface area contributed by atoms with Gasteiger partial charge in [-0.15, -0.1) is 0 Å². The summed E-state index contributed by atoms with van der Waals surface area (Å²) in [5.74, 6) is -6.73. The summed E-state index contributed by atoms with van der Waals surface area (Å²) >= 11 is 0. The smallest absolute Gasteiger partial charge is 0.321 e. The van der Waals surface area contributed by atoms with Crippen molar-refractivity contribution in [1.29, 1.82) is 0 Å². The molecule has 7 heteroatoms. The molecule has 0 aromatic rings. The second-order valence-electron chi connectivity index (χ2n) is 5.40. The topological polar surface area (TPSA) is 75.6 Å².